The molecular weight excluding hydrogens is 258 g/mol. The minimum atomic E-state index is -0.605. The summed E-state index contributed by atoms with van der Waals surface area (Å²) in [5.74, 6) is -0.0232. The number of carbonyl (C=O) groups excluding carboxylic acids is 2. The number of hydrogen-bond donors (Lipinski definition) is 2. The molecule has 0 aromatic heterocycles. The number of hydrogen-bond acceptors (Lipinski definition) is 4. The highest BCUT2D eigenvalue weighted by molar-refractivity contribution is 5.89. The summed E-state index contributed by atoms with van der Waals surface area (Å²) in [4.78, 5) is 22.7. The van der Waals surface area contributed by atoms with Gasteiger partial charge >= 0.3 is 6.09 Å². The molecule has 0 fully saturated rings. The summed E-state index contributed by atoms with van der Waals surface area (Å²) in [5.41, 5.74) is 0.723. The van der Waals surface area contributed by atoms with E-state index >= 15 is 0 Å². The molecule has 1 amide bonds. The number of benzene rings is 1. The maximum absolute atomic E-state index is 11.8. The molecule has 0 saturated carbocycles. The van der Waals surface area contributed by atoms with Gasteiger partial charge in [-0.3, -0.25) is 10.1 Å². The van der Waals surface area contributed by atoms with Crippen LogP contribution >= 0.6 is 0 Å². The van der Waals surface area contributed by atoms with Gasteiger partial charge in [-0.15, -0.1) is 0 Å². The van der Waals surface area contributed by atoms with Crippen molar-refractivity contribution in [1.29, 1.82) is 0 Å². The highest BCUT2D eigenvalue weighted by Gasteiger charge is 2.19. The van der Waals surface area contributed by atoms with Gasteiger partial charge in [0.1, 0.15) is 11.4 Å². The van der Waals surface area contributed by atoms with Crippen molar-refractivity contribution in [3.63, 3.8) is 0 Å². The second-order valence-electron chi connectivity index (χ2n) is 5.90. The Morgan fingerprint density at radius 1 is 1.35 bits per heavy atom. The minimum absolute atomic E-state index is 0.0755. The summed E-state index contributed by atoms with van der Waals surface area (Å²) in [5, 5.41) is 12.3. The molecule has 0 spiro atoms. The highest BCUT2D eigenvalue weighted by Crippen LogP contribution is 2.31. The molecule has 0 aliphatic heterocycles. The third-order valence-electron chi connectivity index (χ3n) is 2.58. The average molecular weight is 279 g/mol. The van der Waals surface area contributed by atoms with E-state index in [0.29, 0.717) is 12.0 Å². The molecule has 0 atom stereocenters. The van der Waals surface area contributed by atoms with Crippen molar-refractivity contribution in [1.82, 2.24) is 0 Å². The normalized spacial score (nSPS) is 11.3. The van der Waals surface area contributed by atoms with Gasteiger partial charge in [-0.05, 0) is 44.4 Å². The fraction of sp³-hybridized carbons (Fsp3) is 0.467. The van der Waals surface area contributed by atoms with Crippen molar-refractivity contribution >= 4 is 18.1 Å². The lowest BCUT2D eigenvalue weighted by molar-refractivity contribution is 0.0635. The Morgan fingerprint density at radius 2 is 1.95 bits per heavy atom. The molecule has 0 bridgehead atoms. The second-order valence-corrected chi connectivity index (χ2v) is 5.90. The Labute approximate surface area is 118 Å². The molecule has 0 aliphatic rings. The Kier molecular flexibility index (Phi) is 4.76. The maximum Gasteiger partial charge on any atom is 0.412 e. The molecule has 0 radical (unpaired) electrons. The quantitative estimate of drug-likeness (QED) is 0.653. The third-order valence-corrected chi connectivity index (χ3v) is 2.58. The van der Waals surface area contributed by atoms with Crippen LogP contribution in [0.4, 0.5) is 10.5 Å². The first-order chi connectivity index (χ1) is 9.14. The smallest absolute Gasteiger partial charge is 0.412 e. The molecule has 5 nitrogen and oxygen atoms in total. The number of aromatic hydroxyl groups is 1. The number of phenolic OH excluding ortho intramolecular Hbond substituents is 1. The van der Waals surface area contributed by atoms with E-state index in [9.17, 15) is 14.7 Å². The minimum Gasteiger partial charge on any atom is -0.507 e. The van der Waals surface area contributed by atoms with Crippen LogP contribution in [0.3, 0.4) is 0 Å². The van der Waals surface area contributed by atoms with E-state index < -0.39 is 11.7 Å². The molecule has 110 valence electrons. The van der Waals surface area contributed by atoms with Gasteiger partial charge in [-0.1, -0.05) is 13.8 Å². The van der Waals surface area contributed by atoms with Gasteiger partial charge in [0.15, 0.2) is 6.29 Å². The number of nitrogens with one attached hydrogen (secondary N) is 1. The first-order valence-electron chi connectivity index (χ1n) is 6.46. The summed E-state index contributed by atoms with van der Waals surface area (Å²) in [6, 6.07) is 2.93. The van der Waals surface area contributed by atoms with E-state index in [2.05, 4.69) is 5.32 Å². The fourth-order valence-corrected chi connectivity index (χ4v) is 1.72. The molecule has 0 unspecified atom stereocenters. The Hall–Kier alpha value is -2.04. The SMILES string of the molecule is CC(C)c1cc(O)c(C=O)cc1NC(=O)OC(C)(C)C. The van der Waals surface area contributed by atoms with Crippen molar-refractivity contribution in [3.05, 3.63) is 23.3 Å². The number of phenols is 1. The van der Waals surface area contributed by atoms with E-state index in [1.165, 1.54) is 12.1 Å². The molecule has 20 heavy (non-hydrogen) atoms. The molecular formula is C15H21NO4. The molecule has 1 aromatic rings. The predicted octanol–water partition coefficient (Wildman–Crippen LogP) is 3.68. The average Bonchev–Trinajstić information content (AvgIpc) is 2.28. The molecule has 1 rings (SSSR count). The number of ether oxygens (including phenoxy) is 1. The Morgan fingerprint density at radius 3 is 2.40 bits per heavy atom. The van der Waals surface area contributed by atoms with Gasteiger partial charge in [-0.25, -0.2) is 4.79 Å². The lowest BCUT2D eigenvalue weighted by Gasteiger charge is -2.21. The van der Waals surface area contributed by atoms with E-state index in [4.69, 9.17) is 4.74 Å². The van der Waals surface area contributed by atoms with Gasteiger partial charge in [-0.2, -0.15) is 0 Å². The molecule has 0 heterocycles. The van der Waals surface area contributed by atoms with Crippen LogP contribution in [-0.2, 0) is 4.74 Å². The van der Waals surface area contributed by atoms with Crippen molar-refractivity contribution in [3.8, 4) is 5.75 Å². The fourth-order valence-electron chi connectivity index (χ4n) is 1.72. The maximum atomic E-state index is 11.8. The number of anilines is 1. The summed E-state index contributed by atoms with van der Waals surface area (Å²) in [7, 11) is 0. The van der Waals surface area contributed by atoms with E-state index in [1.807, 2.05) is 13.8 Å². The summed E-state index contributed by atoms with van der Waals surface area (Å²) < 4.78 is 5.18. The van der Waals surface area contributed by atoms with Crippen molar-refractivity contribution in [2.24, 2.45) is 0 Å². The van der Waals surface area contributed by atoms with E-state index in [-0.39, 0.29) is 17.2 Å². The standard InChI is InChI=1S/C15H21NO4/c1-9(2)11-7-13(18)10(8-17)6-12(11)16-14(19)20-15(3,4)5/h6-9,18H,1-5H3,(H,16,19). The number of rotatable bonds is 3. The predicted molar refractivity (Wildman–Crippen MR) is 77.4 cm³/mol. The summed E-state index contributed by atoms with van der Waals surface area (Å²) in [6.07, 6.45) is -0.0540. The largest absolute Gasteiger partial charge is 0.507 e. The van der Waals surface area contributed by atoms with Crippen LogP contribution in [0, 0.1) is 0 Å². The zero-order valence-corrected chi connectivity index (χ0v) is 12.5. The van der Waals surface area contributed by atoms with Crippen LogP contribution in [-0.4, -0.2) is 23.1 Å². The Balaban J connectivity index is 3.09. The van der Waals surface area contributed by atoms with Crippen LogP contribution < -0.4 is 5.32 Å². The third kappa shape index (κ3) is 4.26. The van der Waals surface area contributed by atoms with Gasteiger partial charge in [0.25, 0.3) is 0 Å². The summed E-state index contributed by atoms with van der Waals surface area (Å²) in [6.45, 7) is 9.15. The van der Waals surface area contributed by atoms with E-state index in [0.717, 1.165) is 5.56 Å². The first kappa shape index (κ1) is 16.0. The lowest BCUT2D eigenvalue weighted by atomic mass is 9.98. The van der Waals surface area contributed by atoms with Crippen molar-refractivity contribution in [2.45, 2.75) is 46.1 Å². The van der Waals surface area contributed by atoms with Crippen molar-refractivity contribution in [2.75, 3.05) is 5.32 Å². The number of amides is 1. The van der Waals surface area contributed by atoms with Crippen LogP contribution in [0.15, 0.2) is 12.1 Å². The van der Waals surface area contributed by atoms with Crippen LogP contribution in [0.2, 0.25) is 0 Å². The summed E-state index contributed by atoms with van der Waals surface area (Å²) >= 11 is 0. The van der Waals surface area contributed by atoms with Gasteiger partial charge in [0, 0.05) is 5.69 Å². The second kappa shape index (κ2) is 5.94. The molecule has 1 aromatic carbocycles. The molecule has 5 heteroatoms. The molecule has 0 saturated heterocycles. The first-order valence-corrected chi connectivity index (χ1v) is 6.46. The monoisotopic (exact) mass is 279 g/mol. The van der Waals surface area contributed by atoms with E-state index in [1.54, 1.807) is 20.8 Å². The highest BCUT2D eigenvalue weighted by atomic mass is 16.6. The van der Waals surface area contributed by atoms with Crippen LogP contribution in [0.5, 0.6) is 5.75 Å². The molecule has 2 N–H and O–H groups in total. The lowest BCUT2D eigenvalue weighted by Crippen LogP contribution is -2.27. The zero-order chi connectivity index (χ0) is 15.5. The van der Waals surface area contributed by atoms with Crippen LogP contribution in [0.25, 0.3) is 0 Å². The number of aldehydes is 1. The number of carbonyl (C=O) groups is 2. The molecule has 0 aliphatic carbocycles. The van der Waals surface area contributed by atoms with Crippen molar-refractivity contribution < 1.29 is 19.4 Å². The van der Waals surface area contributed by atoms with Crippen LogP contribution in [0.1, 0.15) is 56.5 Å². The topological polar surface area (TPSA) is 75.6 Å². The van der Waals surface area contributed by atoms with Gasteiger partial charge < -0.3 is 9.84 Å². The Bertz CT molecular complexity index is 515. The zero-order valence-electron chi connectivity index (χ0n) is 12.5. The van der Waals surface area contributed by atoms with Gasteiger partial charge in [0.05, 0.1) is 5.56 Å². The van der Waals surface area contributed by atoms with Gasteiger partial charge in [0.2, 0.25) is 0 Å².